The van der Waals surface area contributed by atoms with E-state index in [2.05, 4.69) is 19.2 Å². The molecule has 1 saturated carbocycles. The van der Waals surface area contributed by atoms with Crippen molar-refractivity contribution < 1.29 is 5.11 Å². The van der Waals surface area contributed by atoms with Crippen LogP contribution in [-0.2, 0) is 0 Å². The molecule has 16 heavy (non-hydrogen) atoms. The Morgan fingerprint density at radius 2 is 1.88 bits per heavy atom. The topological polar surface area (TPSA) is 32.3 Å². The van der Waals surface area contributed by atoms with Gasteiger partial charge in [-0.05, 0) is 25.7 Å². The minimum Gasteiger partial charge on any atom is -0.394 e. The van der Waals surface area contributed by atoms with Crippen LogP contribution in [0.15, 0.2) is 0 Å². The highest BCUT2D eigenvalue weighted by Gasteiger charge is 2.29. The average molecular weight is 227 g/mol. The van der Waals surface area contributed by atoms with Gasteiger partial charge in [-0.1, -0.05) is 46.0 Å². The SMILES string of the molecule is CCCCC(CC)(CO)NC1CCCCC1. The zero-order valence-corrected chi connectivity index (χ0v) is 11.1. The first-order chi connectivity index (χ1) is 7.76. The Morgan fingerprint density at radius 1 is 1.19 bits per heavy atom. The summed E-state index contributed by atoms with van der Waals surface area (Å²) in [6.45, 7) is 4.71. The van der Waals surface area contributed by atoms with Gasteiger partial charge in [0.1, 0.15) is 0 Å². The van der Waals surface area contributed by atoms with Crippen LogP contribution in [0, 0.1) is 0 Å². The fourth-order valence-electron chi connectivity index (χ4n) is 2.78. The highest BCUT2D eigenvalue weighted by molar-refractivity contribution is 4.90. The summed E-state index contributed by atoms with van der Waals surface area (Å²) in [5.41, 5.74) is -0.00197. The second-order valence-corrected chi connectivity index (χ2v) is 5.37. The summed E-state index contributed by atoms with van der Waals surface area (Å²) in [7, 11) is 0. The van der Waals surface area contributed by atoms with Gasteiger partial charge in [-0.2, -0.15) is 0 Å². The van der Waals surface area contributed by atoms with Crippen molar-refractivity contribution in [1.29, 1.82) is 0 Å². The van der Waals surface area contributed by atoms with E-state index >= 15 is 0 Å². The number of nitrogens with one attached hydrogen (secondary N) is 1. The molecule has 1 fully saturated rings. The fraction of sp³-hybridized carbons (Fsp3) is 1.00. The van der Waals surface area contributed by atoms with Crippen LogP contribution in [0.1, 0.15) is 71.6 Å². The van der Waals surface area contributed by atoms with Gasteiger partial charge in [0.15, 0.2) is 0 Å². The van der Waals surface area contributed by atoms with Crippen LogP contribution in [-0.4, -0.2) is 23.3 Å². The van der Waals surface area contributed by atoms with Crippen molar-refractivity contribution in [3.8, 4) is 0 Å². The number of aliphatic hydroxyl groups is 1. The molecule has 0 spiro atoms. The van der Waals surface area contributed by atoms with Crippen LogP contribution in [0.4, 0.5) is 0 Å². The summed E-state index contributed by atoms with van der Waals surface area (Å²) >= 11 is 0. The Morgan fingerprint density at radius 3 is 2.38 bits per heavy atom. The van der Waals surface area contributed by atoms with E-state index in [0.717, 1.165) is 12.8 Å². The minimum absolute atomic E-state index is 0.00197. The molecule has 0 heterocycles. The van der Waals surface area contributed by atoms with Gasteiger partial charge in [0.25, 0.3) is 0 Å². The predicted molar refractivity (Wildman–Crippen MR) is 69.6 cm³/mol. The van der Waals surface area contributed by atoms with Gasteiger partial charge in [-0.15, -0.1) is 0 Å². The van der Waals surface area contributed by atoms with Crippen LogP contribution in [0.5, 0.6) is 0 Å². The molecule has 0 aliphatic heterocycles. The third-order valence-corrected chi connectivity index (χ3v) is 4.10. The van der Waals surface area contributed by atoms with Gasteiger partial charge < -0.3 is 10.4 Å². The molecule has 1 aliphatic carbocycles. The van der Waals surface area contributed by atoms with Crippen LogP contribution in [0.2, 0.25) is 0 Å². The van der Waals surface area contributed by atoms with Gasteiger partial charge in [0.2, 0.25) is 0 Å². The zero-order valence-electron chi connectivity index (χ0n) is 11.1. The molecule has 0 aromatic heterocycles. The van der Waals surface area contributed by atoms with Gasteiger partial charge in [0, 0.05) is 11.6 Å². The third kappa shape index (κ3) is 4.06. The molecule has 2 N–H and O–H groups in total. The second kappa shape index (κ2) is 7.29. The number of rotatable bonds is 7. The van der Waals surface area contributed by atoms with Crippen LogP contribution in [0.3, 0.4) is 0 Å². The molecule has 1 rings (SSSR count). The maximum absolute atomic E-state index is 9.67. The van der Waals surface area contributed by atoms with Crippen molar-refractivity contribution in [3.05, 3.63) is 0 Å². The molecule has 0 radical (unpaired) electrons. The number of unbranched alkanes of at least 4 members (excludes halogenated alkanes) is 1. The van der Waals surface area contributed by atoms with E-state index < -0.39 is 0 Å². The summed E-state index contributed by atoms with van der Waals surface area (Å²) in [6.07, 6.45) is 11.3. The molecular weight excluding hydrogens is 198 g/mol. The van der Waals surface area contributed by atoms with Crippen molar-refractivity contribution >= 4 is 0 Å². The van der Waals surface area contributed by atoms with Crippen LogP contribution >= 0.6 is 0 Å². The average Bonchev–Trinajstić information content (AvgIpc) is 2.36. The van der Waals surface area contributed by atoms with Gasteiger partial charge in [0.05, 0.1) is 6.61 Å². The molecule has 0 bridgehead atoms. The Balaban J connectivity index is 2.46. The van der Waals surface area contributed by atoms with E-state index in [1.54, 1.807) is 0 Å². The second-order valence-electron chi connectivity index (χ2n) is 5.37. The first kappa shape index (κ1) is 14.0. The molecule has 0 amide bonds. The number of aliphatic hydroxyl groups excluding tert-OH is 1. The lowest BCUT2D eigenvalue weighted by atomic mass is 9.86. The minimum atomic E-state index is -0.00197. The predicted octanol–water partition coefficient (Wildman–Crippen LogP) is 3.24. The van der Waals surface area contributed by atoms with Crippen molar-refractivity contribution in [3.63, 3.8) is 0 Å². The standard InChI is InChI=1S/C14H29NO/c1-3-5-11-14(4-2,12-16)15-13-9-7-6-8-10-13/h13,15-16H,3-12H2,1-2H3. The molecular formula is C14H29NO. The molecule has 1 atom stereocenters. The van der Waals surface area contributed by atoms with E-state index in [9.17, 15) is 5.11 Å². The Hall–Kier alpha value is -0.0800. The Kier molecular flexibility index (Phi) is 6.37. The fourth-order valence-corrected chi connectivity index (χ4v) is 2.78. The normalized spacial score (nSPS) is 21.9. The summed E-state index contributed by atoms with van der Waals surface area (Å²) in [5.74, 6) is 0. The molecule has 0 saturated heterocycles. The highest BCUT2D eigenvalue weighted by Crippen LogP contribution is 2.24. The van der Waals surface area contributed by atoms with Gasteiger partial charge in [-0.25, -0.2) is 0 Å². The van der Waals surface area contributed by atoms with Gasteiger partial charge >= 0.3 is 0 Å². The molecule has 0 aromatic carbocycles. The first-order valence-electron chi connectivity index (χ1n) is 7.15. The lowest BCUT2D eigenvalue weighted by Crippen LogP contribution is -2.53. The van der Waals surface area contributed by atoms with E-state index in [1.807, 2.05) is 0 Å². The molecule has 0 aromatic rings. The van der Waals surface area contributed by atoms with Crippen LogP contribution in [0.25, 0.3) is 0 Å². The van der Waals surface area contributed by atoms with E-state index in [0.29, 0.717) is 12.6 Å². The molecule has 2 nitrogen and oxygen atoms in total. The molecule has 1 unspecified atom stereocenters. The van der Waals surface area contributed by atoms with Crippen molar-refractivity contribution in [2.75, 3.05) is 6.61 Å². The van der Waals surface area contributed by atoms with E-state index in [1.165, 1.54) is 44.9 Å². The third-order valence-electron chi connectivity index (χ3n) is 4.10. The van der Waals surface area contributed by atoms with Crippen LogP contribution < -0.4 is 5.32 Å². The maximum atomic E-state index is 9.67. The Bertz CT molecular complexity index is 172. The molecule has 2 heteroatoms. The smallest absolute Gasteiger partial charge is 0.0613 e. The first-order valence-corrected chi connectivity index (χ1v) is 7.15. The zero-order chi connectivity index (χ0) is 11.9. The largest absolute Gasteiger partial charge is 0.394 e. The quantitative estimate of drug-likeness (QED) is 0.700. The monoisotopic (exact) mass is 227 g/mol. The summed E-state index contributed by atoms with van der Waals surface area (Å²) in [4.78, 5) is 0. The van der Waals surface area contributed by atoms with Gasteiger partial charge in [-0.3, -0.25) is 0 Å². The lowest BCUT2D eigenvalue weighted by Gasteiger charge is -2.38. The molecule has 1 aliphatic rings. The van der Waals surface area contributed by atoms with Crippen molar-refractivity contribution in [2.45, 2.75) is 83.2 Å². The summed E-state index contributed by atoms with van der Waals surface area (Å²) < 4.78 is 0. The Labute approximate surface area is 101 Å². The van der Waals surface area contributed by atoms with Crippen molar-refractivity contribution in [2.24, 2.45) is 0 Å². The van der Waals surface area contributed by atoms with Crippen molar-refractivity contribution in [1.82, 2.24) is 5.32 Å². The lowest BCUT2D eigenvalue weighted by molar-refractivity contribution is 0.122. The van der Waals surface area contributed by atoms with E-state index in [-0.39, 0.29) is 5.54 Å². The highest BCUT2D eigenvalue weighted by atomic mass is 16.3. The number of hydrogen-bond donors (Lipinski definition) is 2. The summed E-state index contributed by atoms with van der Waals surface area (Å²) in [5, 5.41) is 13.4. The molecule has 96 valence electrons. The summed E-state index contributed by atoms with van der Waals surface area (Å²) in [6, 6.07) is 0.651. The number of hydrogen-bond acceptors (Lipinski definition) is 2. The van der Waals surface area contributed by atoms with E-state index in [4.69, 9.17) is 0 Å². The maximum Gasteiger partial charge on any atom is 0.0613 e.